The summed E-state index contributed by atoms with van der Waals surface area (Å²) in [5.41, 5.74) is -0.0472. The molecule has 0 spiro atoms. The molecule has 84 valence electrons. The third-order valence-electron chi connectivity index (χ3n) is 1.93. The predicted octanol–water partition coefficient (Wildman–Crippen LogP) is 2.18. The van der Waals surface area contributed by atoms with E-state index in [0.29, 0.717) is 6.42 Å². The third kappa shape index (κ3) is 3.93. The lowest BCUT2D eigenvalue weighted by atomic mass is 10.1. The van der Waals surface area contributed by atoms with Gasteiger partial charge in [-0.1, -0.05) is 30.3 Å². The van der Waals surface area contributed by atoms with Gasteiger partial charge in [-0.2, -0.15) is 8.78 Å². The first-order chi connectivity index (χ1) is 7.17. The normalized spacial score (nSPS) is 11.7. The summed E-state index contributed by atoms with van der Waals surface area (Å²) in [5, 5.41) is 8.45. The zero-order chi connectivity index (χ0) is 11.1. The van der Waals surface area contributed by atoms with Gasteiger partial charge in [0.25, 0.3) is 5.92 Å². The van der Waals surface area contributed by atoms with E-state index in [1.165, 1.54) is 12.1 Å². The summed E-state index contributed by atoms with van der Waals surface area (Å²) >= 11 is 0. The summed E-state index contributed by atoms with van der Waals surface area (Å²) in [6.45, 7) is -0.535. The maximum absolute atomic E-state index is 13.4. The summed E-state index contributed by atoms with van der Waals surface area (Å²) in [6.07, 6.45) is 0.380. The molecule has 0 aliphatic rings. The molecular weight excluding hydrogens is 202 g/mol. The number of alkyl halides is 2. The SMILES string of the molecule is OCCCOCC(F)(F)c1ccccc1. The lowest BCUT2D eigenvalue weighted by molar-refractivity contribution is -0.0840. The van der Waals surface area contributed by atoms with E-state index in [1.54, 1.807) is 18.2 Å². The van der Waals surface area contributed by atoms with Crippen molar-refractivity contribution in [2.45, 2.75) is 12.3 Å². The predicted molar refractivity (Wildman–Crippen MR) is 52.9 cm³/mol. The molecule has 0 saturated heterocycles. The van der Waals surface area contributed by atoms with E-state index < -0.39 is 12.5 Å². The summed E-state index contributed by atoms with van der Waals surface area (Å²) in [7, 11) is 0. The van der Waals surface area contributed by atoms with Crippen molar-refractivity contribution in [2.75, 3.05) is 19.8 Å². The van der Waals surface area contributed by atoms with E-state index in [2.05, 4.69) is 0 Å². The van der Waals surface area contributed by atoms with Crippen LogP contribution in [0.25, 0.3) is 0 Å². The molecular formula is C11H14F2O2. The average Bonchev–Trinajstić information content (AvgIpc) is 2.26. The van der Waals surface area contributed by atoms with Crippen LogP contribution in [-0.4, -0.2) is 24.9 Å². The Kier molecular flexibility index (Phi) is 4.65. The first kappa shape index (κ1) is 12.1. The Morgan fingerprint density at radius 1 is 1.20 bits per heavy atom. The molecule has 1 aromatic carbocycles. The molecule has 0 bridgehead atoms. The molecule has 1 N–H and O–H groups in total. The lowest BCUT2D eigenvalue weighted by Gasteiger charge is -2.16. The fourth-order valence-electron chi connectivity index (χ4n) is 1.13. The van der Waals surface area contributed by atoms with Crippen LogP contribution in [0.1, 0.15) is 12.0 Å². The first-order valence-electron chi connectivity index (χ1n) is 4.79. The highest BCUT2D eigenvalue weighted by molar-refractivity contribution is 5.19. The average molecular weight is 216 g/mol. The van der Waals surface area contributed by atoms with Gasteiger partial charge in [0.05, 0.1) is 0 Å². The van der Waals surface area contributed by atoms with Gasteiger partial charge in [-0.05, 0) is 6.42 Å². The molecule has 0 unspecified atom stereocenters. The second kappa shape index (κ2) is 5.78. The van der Waals surface area contributed by atoms with Crippen LogP contribution in [0.3, 0.4) is 0 Å². The highest BCUT2D eigenvalue weighted by Gasteiger charge is 2.31. The van der Waals surface area contributed by atoms with E-state index in [9.17, 15) is 8.78 Å². The molecule has 0 amide bonds. The van der Waals surface area contributed by atoms with Gasteiger partial charge in [-0.3, -0.25) is 0 Å². The van der Waals surface area contributed by atoms with Crippen LogP contribution in [0.2, 0.25) is 0 Å². The van der Waals surface area contributed by atoms with Crippen molar-refractivity contribution in [1.82, 2.24) is 0 Å². The maximum atomic E-state index is 13.4. The molecule has 0 aromatic heterocycles. The molecule has 0 radical (unpaired) electrons. The number of hydrogen-bond acceptors (Lipinski definition) is 2. The maximum Gasteiger partial charge on any atom is 0.296 e. The van der Waals surface area contributed by atoms with Crippen molar-refractivity contribution < 1.29 is 18.6 Å². The molecule has 4 heteroatoms. The second-order valence-electron chi connectivity index (χ2n) is 3.20. The minimum atomic E-state index is -2.96. The van der Waals surface area contributed by atoms with Crippen molar-refractivity contribution in [1.29, 1.82) is 0 Å². The van der Waals surface area contributed by atoms with Crippen LogP contribution < -0.4 is 0 Å². The zero-order valence-electron chi connectivity index (χ0n) is 8.33. The number of aliphatic hydroxyl groups excluding tert-OH is 1. The van der Waals surface area contributed by atoms with Gasteiger partial charge < -0.3 is 9.84 Å². The Morgan fingerprint density at radius 3 is 2.47 bits per heavy atom. The van der Waals surface area contributed by atoms with Crippen LogP contribution in [0.4, 0.5) is 8.78 Å². The summed E-state index contributed by atoms with van der Waals surface area (Å²) in [6, 6.07) is 7.56. The molecule has 15 heavy (non-hydrogen) atoms. The summed E-state index contributed by atoms with van der Waals surface area (Å²) in [4.78, 5) is 0. The Labute approximate surface area is 87.5 Å². The standard InChI is InChI=1S/C11H14F2O2/c12-11(13,9-15-8-4-7-14)10-5-2-1-3-6-10/h1-3,5-6,14H,4,7-9H2. The van der Waals surface area contributed by atoms with Crippen molar-refractivity contribution in [3.63, 3.8) is 0 Å². The van der Waals surface area contributed by atoms with Gasteiger partial charge in [-0.15, -0.1) is 0 Å². The Morgan fingerprint density at radius 2 is 1.87 bits per heavy atom. The van der Waals surface area contributed by atoms with Crippen molar-refractivity contribution in [3.05, 3.63) is 35.9 Å². The van der Waals surface area contributed by atoms with E-state index in [0.717, 1.165) is 0 Å². The van der Waals surface area contributed by atoms with E-state index in [-0.39, 0.29) is 18.8 Å². The van der Waals surface area contributed by atoms with Crippen LogP contribution in [0, 0.1) is 0 Å². The van der Waals surface area contributed by atoms with Crippen LogP contribution >= 0.6 is 0 Å². The van der Waals surface area contributed by atoms with Gasteiger partial charge in [0, 0.05) is 18.8 Å². The molecule has 0 aliphatic heterocycles. The van der Waals surface area contributed by atoms with E-state index in [1.807, 2.05) is 0 Å². The monoisotopic (exact) mass is 216 g/mol. The first-order valence-corrected chi connectivity index (χ1v) is 4.79. The molecule has 0 atom stereocenters. The Bertz CT molecular complexity index is 275. The van der Waals surface area contributed by atoms with E-state index >= 15 is 0 Å². The number of ether oxygens (including phenoxy) is 1. The van der Waals surface area contributed by atoms with Crippen LogP contribution in [-0.2, 0) is 10.7 Å². The van der Waals surface area contributed by atoms with Crippen LogP contribution in [0.5, 0.6) is 0 Å². The minimum Gasteiger partial charge on any atom is -0.396 e. The fourth-order valence-corrected chi connectivity index (χ4v) is 1.13. The van der Waals surface area contributed by atoms with Gasteiger partial charge in [0.15, 0.2) is 0 Å². The lowest BCUT2D eigenvalue weighted by Crippen LogP contribution is -2.21. The number of rotatable bonds is 6. The summed E-state index contributed by atoms with van der Waals surface area (Å²) < 4.78 is 31.6. The molecule has 0 fully saturated rings. The topological polar surface area (TPSA) is 29.5 Å². The van der Waals surface area contributed by atoms with Gasteiger partial charge in [-0.25, -0.2) is 0 Å². The molecule has 1 rings (SSSR count). The molecule has 0 heterocycles. The third-order valence-corrected chi connectivity index (χ3v) is 1.93. The quantitative estimate of drug-likeness (QED) is 0.738. The van der Waals surface area contributed by atoms with Crippen LogP contribution in [0.15, 0.2) is 30.3 Å². The molecule has 0 saturated carbocycles. The molecule has 1 aromatic rings. The summed E-state index contributed by atoms with van der Waals surface area (Å²) in [5.74, 6) is -2.96. The second-order valence-corrected chi connectivity index (χ2v) is 3.20. The minimum absolute atomic E-state index is 0.0447. The van der Waals surface area contributed by atoms with E-state index in [4.69, 9.17) is 9.84 Å². The Balaban J connectivity index is 2.45. The largest absolute Gasteiger partial charge is 0.396 e. The van der Waals surface area contributed by atoms with Crippen molar-refractivity contribution in [2.24, 2.45) is 0 Å². The zero-order valence-corrected chi connectivity index (χ0v) is 8.33. The van der Waals surface area contributed by atoms with Gasteiger partial charge >= 0.3 is 0 Å². The highest BCUT2D eigenvalue weighted by atomic mass is 19.3. The Hall–Kier alpha value is -1.00. The van der Waals surface area contributed by atoms with Crippen molar-refractivity contribution >= 4 is 0 Å². The van der Waals surface area contributed by atoms with Gasteiger partial charge in [0.2, 0.25) is 0 Å². The smallest absolute Gasteiger partial charge is 0.296 e. The molecule has 2 nitrogen and oxygen atoms in total. The number of halogens is 2. The molecule has 0 aliphatic carbocycles. The number of aliphatic hydroxyl groups is 1. The van der Waals surface area contributed by atoms with Gasteiger partial charge in [0.1, 0.15) is 6.61 Å². The highest BCUT2D eigenvalue weighted by Crippen LogP contribution is 2.27. The number of hydrogen-bond donors (Lipinski definition) is 1. The fraction of sp³-hybridized carbons (Fsp3) is 0.455. The van der Waals surface area contributed by atoms with Crippen molar-refractivity contribution in [3.8, 4) is 0 Å². The number of benzene rings is 1.